The third kappa shape index (κ3) is 5.00. The van der Waals surface area contributed by atoms with Crippen LogP contribution in [0.3, 0.4) is 0 Å². The summed E-state index contributed by atoms with van der Waals surface area (Å²) in [5.74, 6) is -0.451. The lowest BCUT2D eigenvalue weighted by molar-refractivity contribution is -0.148. The summed E-state index contributed by atoms with van der Waals surface area (Å²) in [6, 6.07) is 6.44. The van der Waals surface area contributed by atoms with Crippen molar-refractivity contribution < 1.29 is 19.1 Å². The van der Waals surface area contributed by atoms with E-state index < -0.39 is 17.9 Å². The lowest BCUT2D eigenvalue weighted by atomic mass is 9.88. The van der Waals surface area contributed by atoms with Crippen LogP contribution >= 0.6 is 0 Å². The highest BCUT2D eigenvalue weighted by atomic mass is 16.5. The summed E-state index contributed by atoms with van der Waals surface area (Å²) in [7, 11) is 0. The van der Waals surface area contributed by atoms with Gasteiger partial charge in [0, 0.05) is 11.3 Å². The van der Waals surface area contributed by atoms with E-state index in [-0.39, 0.29) is 6.03 Å². The smallest absolute Gasteiger partial charge is 0.319 e. The first-order valence-electron chi connectivity index (χ1n) is 9.23. The minimum atomic E-state index is -0.708. The van der Waals surface area contributed by atoms with Crippen LogP contribution in [0.4, 0.5) is 4.79 Å². The van der Waals surface area contributed by atoms with Gasteiger partial charge in [0.05, 0.1) is 19.3 Å². The molecule has 2 N–H and O–H groups in total. The summed E-state index contributed by atoms with van der Waals surface area (Å²) in [6.07, 6.45) is 3.74. The molecule has 26 heavy (non-hydrogen) atoms. The van der Waals surface area contributed by atoms with E-state index >= 15 is 0 Å². The highest BCUT2D eigenvalue weighted by Gasteiger charge is 2.40. The summed E-state index contributed by atoms with van der Waals surface area (Å²) < 4.78 is 11.2. The Bertz CT molecular complexity index is 644. The van der Waals surface area contributed by atoms with Crippen molar-refractivity contribution >= 4 is 12.0 Å². The maximum atomic E-state index is 12.7. The number of carbonyl (C=O) groups is 2. The molecule has 6 heteroatoms. The molecule has 1 aliphatic rings. The molecule has 1 aliphatic heterocycles. The normalized spacial score (nSPS) is 19.5. The lowest BCUT2D eigenvalue weighted by Gasteiger charge is -2.34. The predicted octanol–water partition coefficient (Wildman–Crippen LogP) is 3.69. The average Bonchev–Trinajstić information content (AvgIpc) is 2.63. The third-order valence-electron chi connectivity index (χ3n) is 4.23. The van der Waals surface area contributed by atoms with Crippen LogP contribution in [-0.4, -0.2) is 25.2 Å². The second kappa shape index (κ2) is 9.85. The summed E-state index contributed by atoms with van der Waals surface area (Å²) >= 11 is 0. The van der Waals surface area contributed by atoms with Crippen molar-refractivity contribution in [2.45, 2.75) is 45.6 Å². The van der Waals surface area contributed by atoms with E-state index in [4.69, 9.17) is 9.47 Å². The zero-order chi connectivity index (χ0) is 18.9. The van der Waals surface area contributed by atoms with Crippen LogP contribution in [0.2, 0.25) is 0 Å². The molecule has 2 rings (SSSR count). The highest BCUT2D eigenvalue weighted by Crippen LogP contribution is 2.35. The van der Waals surface area contributed by atoms with Crippen LogP contribution < -0.4 is 15.4 Å². The molecule has 0 saturated carbocycles. The molecule has 0 aliphatic carbocycles. The number of carbonyl (C=O) groups excluding carboxylic acids is 2. The van der Waals surface area contributed by atoms with Crippen molar-refractivity contribution in [1.82, 2.24) is 10.6 Å². The Balaban J connectivity index is 2.23. The van der Waals surface area contributed by atoms with Crippen molar-refractivity contribution in [2.24, 2.45) is 5.92 Å². The number of nitrogens with one attached hydrogen (secondary N) is 2. The van der Waals surface area contributed by atoms with E-state index in [1.165, 1.54) is 0 Å². The fourth-order valence-electron chi connectivity index (χ4n) is 2.92. The predicted molar refractivity (Wildman–Crippen MR) is 99.8 cm³/mol. The number of ether oxygens (including phenoxy) is 2. The van der Waals surface area contributed by atoms with Crippen molar-refractivity contribution in [2.75, 3.05) is 13.2 Å². The second-order valence-electron chi connectivity index (χ2n) is 6.34. The van der Waals surface area contributed by atoms with Crippen LogP contribution in [0.1, 0.15) is 51.1 Å². The molecule has 1 aromatic carbocycles. The number of hydrogen-bond donors (Lipinski definition) is 2. The third-order valence-corrected chi connectivity index (χ3v) is 4.23. The summed E-state index contributed by atoms with van der Waals surface area (Å²) in [5, 5.41) is 5.41. The van der Waals surface area contributed by atoms with Crippen molar-refractivity contribution in [3.05, 3.63) is 42.1 Å². The fourth-order valence-corrected chi connectivity index (χ4v) is 2.92. The number of amides is 2. The molecule has 2 amide bonds. The Kier molecular flexibility index (Phi) is 7.51. The molecule has 1 aromatic rings. The molecule has 0 unspecified atom stereocenters. The van der Waals surface area contributed by atoms with Gasteiger partial charge in [0.25, 0.3) is 0 Å². The monoisotopic (exact) mass is 360 g/mol. The topological polar surface area (TPSA) is 76.7 Å². The Morgan fingerprint density at radius 2 is 1.92 bits per heavy atom. The molecule has 1 saturated heterocycles. The number of para-hydroxylation sites is 1. The maximum Gasteiger partial charge on any atom is 0.319 e. The highest BCUT2D eigenvalue weighted by molar-refractivity contribution is 5.85. The van der Waals surface area contributed by atoms with Gasteiger partial charge < -0.3 is 20.1 Å². The van der Waals surface area contributed by atoms with E-state index in [1.807, 2.05) is 31.2 Å². The maximum absolute atomic E-state index is 12.7. The van der Waals surface area contributed by atoms with Gasteiger partial charge in [0.2, 0.25) is 0 Å². The Morgan fingerprint density at radius 1 is 1.15 bits per heavy atom. The van der Waals surface area contributed by atoms with E-state index in [2.05, 4.69) is 24.1 Å². The van der Waals surface area contributed by atoms with Crippen LogP contribution in [-0.2, 0) is 9.53 Å². The number of esters is 1. The lowest BCUT2D eigenvalue weighted by Crippen LogP contribution is -2.51. The summed E-state index contributed by atoms with van der Waals surface area (Å²) in [6.45, 7) is 8.90. The van der Waals surface area contributed by atoms with Crippen LogP contribution in [0.25, 0.3) is 0 Å². The Labute approximate surface area is 154 Å². The number of hydrogen-bond acceptors (Lipinski definition) is 4. The quantitative estimate of drug-likeness (QED) is 0.520. The molecule has 0 aromatic heterocycles. The van der Waals surface area contributed by atoms with Gasteiger partial charge in [0.15, 0.2) is 0 Å². The second-order valence-corrected chi connectivity index (χ2v) is 6.34. The van der Waals surface area contributed by atoms with Crippen molar-refractivity contribution in [3.63, 3.8) is 0 Å². The molecule has 1 heterocycles. The largest absolute Gasteiger partial charge is 0.493 e. The van der Waals surface area contributed by atoms with Crippen LogP contribution in [0.5, 0.6) is 5.75 Å². The average molecular weight is 360 g/mol. The van der Waals surface area contributed by atoms with Gasteiger partial charge in [-0.15, -0.1) is 0 Å². The summed E-state index contributed by atoms with van der Waals surface area (Å²) in [5.41, 5.74) is 1.08. The first-order valence-corrected chi connectivity index (χ1v) is 9.23. The summed E-state index contributed by atoms with van der Waals surface area (Å²) in [4.78, 5) is 24.6. The molecule has 0 spiro atoms. The first-order chi connectivity index (χ1) is 12.6. The van der Waals surface area contributed by atoms with Gasteiger partial charge >= 0.3 is 12.0 Å². The minimum absolute atomic E-state index is 0.338. The molecule has 0 bridgehead atoms. The van der Waals surface area contributed by atoms with E-state index in [1.54, 1.807) is 0 Å². The SMILES string of the molecule is C=C1NC(=O)N[C@H](c2ccccc2OCCC)[C@H]1C(=O)OCCCCC. The molecule has 1 fully saturated rings. The first kappa shape index (κ1) is 19.8. The van der Waals surface area contributed by atoms with Gasteiger partial charge in [-0.1, -0.05) is 51.5 Å². The molecular weight excluding hydrogens is 332 g/mol. The van der Waals surface area contributed by atoms with Crippen molar-refractivity contribution in [1.29, 1.82) is 0 Å². The molecule has 142 valence electrons. The molecular formula is C20H28N2O4. The van der Waals surface area contributed by atoms with Gasteiger partial charge in [0.1, 0.15) is 11.7 Å². The fraction of sp³-hybridized carbons (Fsp3) is 0.500. The van der Waals surface area contributed by atoms with Crippen LogP contribution in [0.15, 0.2) is 36.5 Å². The molecule has 2 atom stereocenters. The van der Waals surface area contributed by atoms with E-state index in [0.717, 1.165) is 31.2 Å². The molecule has 0 radical (unpaired) electrons. The number of unbranched alkanes of at least 4 members (excludes halogenated alkanes) is 2. The zero-order valence-corrected chi connectivity index (χ0v) is 15.5. The minimum Gasteiger partial charge on any atom is -0.493 e. The van der Waals surface area contributed by atoms with Gasteiger partial charge in [-0.2, -0.15) is 0 Å². The number of benzene rings is 1. The Hall–Kier alpha value is -2.50. The van der Waals surface area contributed by atoms with Gasteiger partial charge in [-0.25, -0.2) is 4.79 Å². The Morgan fingerprint density at radius 3 is 2.65 bits per heavy atom. The van der Waals surface area contributed by atoms with E-state index in [0.29, 0.717) is 24.7 Å². The van der Waals surface area contributed by atoms with Gasteiger partial charge in [-0.05, 0) is 18.9 Å². The van der Waals surface area contributed by atoms with Gasteiger partial charge in [-0.3, -0.25) is 4.79 Å². The standard InChI is InChI=1S/C20H28N2O4/c1-4-6-9-13-26-19(23)17-14(3)21-20(24)22-18(17)15-10-7-8-11-16(15)25-12-5-2/h7-8,10-11,17-18H,3-6,9,12-13H2,1-2H3,(H2,21,22,24)/t17-,18+/m0/s1. The molecule has 6 nitrogen and oxygen atoms in total. The zero-order valence-electron chi connectivity index (χ0n) is 15.5. The number of urea groups is 1. The van der Waals surface area contributed by atoms with Crippen molar-refractivity contribution in [3.8, 4) is 5.75 Å². The van der Waals surface area contributed by atoms with E-state index in [9.17, 15) is 9.59 Å². The number of rotatable bonds is 9. The van der Waals surface area contributed by atoms with Crippen LogP contribution in [0, 0.1) is 5.92 Å².